The number of hydrogen-bond acceptors (Lipinski definition) is 8. The molecular weight excluding hydrogens is 1080 g/mol. The molecule has 2 aliphatic carbocycles. The Balaban J connectivity index is 0.000000221. The summed E-state index contributed by atoms with van der Waals surface area (Å²) in [5, 5.41) is 0. The number of fused-ring (bicyclic) bond motifs is 2. The first-order valence-electron chi connectivity index (χ1n) is 25.0. The number of carbonyl (C=O) groups is 4. The fraction of sp³-hybridized carbons (Fsp3) is 0.680. The first-order valence-corrected chi connectivity index (χ1v) is 27.6. The van der Waals surface area contributed by atoms with Gasteiger partial charge >= 0.3 is 36.5 Å². The lowest BCUT2D eigenvalue weighted by Gasteiger charge is -2.42. The zero-order chi connectivity index (χ0) is 56.1. The average molecular weight is 1140 g/mol. The van der Waals surface area contributed by atoms with Gasteiger partial charge in [-0.15, -0.1) is 0 Å². The minimum atomic E-state index is -5.07. The number of amides is 4. The number of ether oxygens (including phenoxy) is 2. The van der Waals surface area contributed by atoms with Crippen molar-refractivity contribution in [3.05, 3.63) is 58.7 Å². The lowest BCUT2D eigenvalue weighted by Crippen LogP contribution is -2.54. The third-order valence-electron chi connectivity index (χ3n) is 16.1. The largest absolute Gasteiger partial charge is 0.471 e. The second kappa shape index (κ2) is 22.4. The highest BCUT2D eigenvalue weighted by Gasteiger charge is 2.57. The molecule has 0 bridgehead atoms. The van der Waals surface area contributed by atoms with Gasteiger partial charge in [-0.25, -0.2) is 0 Å². The van der Waals surface area contributed by atoms with Crippen LogP contribution in [0.2, 0.25) is 0 Å². The molecule has 0 radical (unpaired) electrons. The van der Waals surface area contributed by atoms with E-state index in [1.54, 1.807) is 27.7 Å². The van der Waals surface area contributed by atoms with Gasteiger partial charge < -0.3 is 29.1 Å². The van der Waals surface area contributed by atoms with E-state index in [0.717, 1.165) is 46.2 Å². The second-order valence-corrected chi connectivity index (χ2v) is 23.9. The van der Waals surface area contributed by atoms with Crippen molar-refractivity contribution in [1.82, 2.24) is 19.6 Å². The van der Waals surface area contributed by atoms with E-state index in [-0.39, 0.29) is 148 Å². The van der Waals surface area contributed by atoms with Gasteiger partial charge in [0.05, 0.1) is 43.6 Å². The third-order valence-corrected chi connectivity index (χ3v) is 19.0. The van der Waals surface area contributed by atoms with Crippen molar-refractivity contribution in [3.63, 3.8) is 0 Å². The summed E-state index contributed by atoms with van der Waals surface area (Å²) in [5.74, 6) is -5.91. The highest BCUT2D eigenvalue weighted by molar-refractivity contribution is 7.85. The molecule has 2 unspecified atom stereocenters. The van der Waals surface area contributed by atoms with Crippen LogP contribution >= 0.6 is 0 Å². The number of benzene rings is 2. The molecule has 6 atom stereocenters. The standard InChI is InChI=1S/2C25H30F6N2O4S/c2*1-15(2)23(8-5-19(12-23)33(22(35)25(29,30)31)18-6-9-37-10-7-18)21(34)32-13-16-11-17(24(26,27)28)3-4-20(16)38(36)14-32/h2*3-4,11,15,18-19H,5-10,12-14H2,1-2H3/t2*19-,23+,38?/m11/s1. The van der Waals surface area contributed by atoms with E-state index in [0.29, 0.717) is 0 Å². The summed E-state index contributed by atoms with van der Waals surface area (Å²) < 4.78 is 197. The van der Waals surface area contributed by atoms with Crippen LogP contribution in [0.1, 0.15) is 114 Å². The SMILES string of the molecule is CC(C)[C@]1(C(=O)N2Cc3cc(C(F)(F)F)ccc3S(=O)C2)CC[C@@H](N(C(=O)C(F)(F)F)C2CCOCC2)C1.CC(C)[C@]1(C(=O)N2Cc3cc(C(F)(F)F)ccc3S(=O)C2)CC[C@@H](N(C(=O)C(F)(F)F)C2CCOCC2)C1. The summed E-state index contributed by atoms with van der Waals surface area (Å²) in [5.41, 5.74) is -3.88. The number of hydrogen-bond donors (Lipinski definition) is 0. The van der Waals surface area contributed by atoms with Gasteiger partial charge in [-0.05, 0) is 124 Å². The third kappa shape index (κ3) is 12.3. The van der Waals surface area contributed by atoms with Crippen molar-refractivity contribution in [2.45, 2.75) is 164 Å². The molecule has 4 heterocycles. The molecule has 0 spiro atoms. The Morgan fingerprint density at radius 2 is 0.868 bits per heavy atom. The molecule has 12 nitrogen and oxygen atoms in total. The van der Waals surface area contributed by atoms with Gasteiger partial charge in [0.1, 0.15) is 11.8 Å². The van der Waals surface area contributed by atoms with Gasteiger partial charge in [0.2, 0.25) is 11.8 Å². The molecule has 2 saturated carbocycles. The Labute approximate surface area is 436 Å². The zero-order valence-corrected chi connectivity index (χ0v) is 43.7. The molecule has 4 aliphatic heterocycles. The topological polar surface area (TPSA) is 134 Å². The lowest BCUT2D eigenvalue weighted by atomic mass is 9.74. The highest BCUT2D eigenvalue weighted by Crippen LogP contribution is 2.51. The summed E-state index contributed by atoms with van der Waals surface area (Å²) in [6.45, 7) is 7.60. The molecule has 8 rings (SSSR count). The summed E-state index contributed by atoms with van der Waals surface area (Å²) in [7, 11) is -3.52. The van der Waals surface area contributed by atoms with Gasteiger partial charge in [-0.1, -0.05) is 27.7 Å². The molecule has 6 aliphatic rings. The quantitative estimate of drug-likeness (QED) is 0.239. The molecule has 2 saturated heterocycles. The number of halogens is 12. The highest BCUT2D eigenvalue weighted by atomic mass is 32.2. The normalized spacial score (nSPS) is 26.9. The summed E-state index contributed by atoms with van der Waals surface area (Å²) in [4.78, 5) is 57.7. The number of alkyl halides is 12. The van der Waals surface area contributed by atoms with Crippen LogP contribution in [-0.2, 0) is 75.7 Å². The maximum atomic E-state index is 13.9. The maximum Gasteiger partial charge on any atom is 0.471 e. The smallest absolute Gasteiger partial charge is 0.381 e. The van der Waals surface area contributed by atoms with Crippen LogP contribution < -0.4 is 0 Å². The minimum absolute atomic E-state index is 0.0126. The van der Waals surface area contributed by atoms with Gasteiger partial charge in [-0.3, -0.25) is 27.6 Å². The van der Waals surface area contributed by atoms with Crippen molar-refractivity contribution in [2.24, 2.45) is 22.7 Å². The van der Waals surface area contributed by atoms with E-state index in [9.17, 15) is 80.3 Å². The first kappa shape index (κ1) is 59.4. The molecule has 4 fully saturated rings. The predicted octanol–water partition coefficient (Wildman–Crippen LogP) is 9.75. The monoisotopic (exact) mass is 1140 g/mol. The minimum Gasteiger partial charge on any atom is -0.381 e. The van der Waals surface area contributed by atoms with Crippen LogP contribution in [-0.4, -0.2) is 126 Å². The molecule has 2 aromatic rings. The Kier molecular flexibility index (Phi) is 17.5. The molecular formula is C50H60F12N4O8S2. The maximum absolute atomic E-state index is 13.9. The summed E-state index contributed by atoms with van der Waals surface area (Å²) in [6.07, 6.45) is -17.6. The van der Waals surface area contributed by atoms with Gasteiger partial charge in [-0.2, -0.15) is 52.7 Å². The van der Waals surface area contributed by atoms with Crippen LogP contribution in [0.15, 0.2) is 46.2 Å². The Morgan fingerprint density at radius 3 is 1.16 bits per heavy atom. The lowest BCUT2D eigenvalue weighted by molar-refractivity contribution is -0.192. The Hall–Kier alpha value is -4.30. The fourth-order valence-electron chi connectivity index (χ4n) is 12.0. The molecule has 0 aromatic heterocycles. The average Bonchev–Trinajstić information content (AvgIpc) is 4.02. The van der Waals surface area contributed by atoms with Crippen LogP contribution in [0.3, 0.4) is 0 Å². The van der Waals surface area contributed by atoms with Gasteiger partial charge in [0.25, 0.3) is 0 Å². The Bertz CT molecular complexity index is 2380. The van der Waals surface area contributed by atoms with Crippen molar-refractivity contribution in [3.8, 4) is 0 Å². The van der Waals surface area contributed by atoms with E-state index >= 15 is 0 Å². The zero-order valence-electron chi connectivity index (χ0n) is 42.1. The fourth-order valence-corrected chi connectivity index (χ4v) is 14.5. The molecule has 424 valence electrons. The van der Waals surface area contributed by atoms with Crippen LogP contribution in [0.25, 0.3) is 0 Å². The van der Waals surface area contributed by atoms with Gasteiger partial charge in [0.15, 0.2) is 0 Å². The number of carbonyl (C=O) groups excluding carboxylic acids is 4. The number of nitrogens with zero attached hydrogens (tertiary/aromatic N) is 4. The first-order chi connectivity index (χ1) is 35.3. The molecule has 26 heteroatoms. The van der Waals surface area contributed by atoms with Crippen LogP contribution in [0, 0.1) is 22.7 Å². The second-order valence-electron chi connectivity index (χ2n) is 21.1. The van der Waals surface area contributed by atoms with E-state index < -0.39 is 116 Å². The van der Waals surface area contributed by atoms with Crippen molar-refractivity contribution >= 4 is 45.2 Å². The van der Waals surface area contributed by atoms with Gasteiger partial charge in [0, 0.05) is 73.5 Å². The summed E-state index contributed by atoms with van der Waals surface area (Å²) >= 11 is 0. The molecule has 4 amide bonds. The molecule has 0 N–H and O–H groups in total. The van der Waals surface area contributed by atoms with Crippen molar-refractivity contribution in [1.29, 1.82) is 0 Å². The van der Waals surface area contributed by atoms with E-state index in [4.69, 9.17) is 9.47 Å². The predicted molar refractivity (Wildman–Crippen MR) is 250 cm³/mol. The number of rotatable bonds is 8. The van der Waals surface area contributed by atoms with E-state index in [2.05, 4.69) is 0 Å². The van der Waals surface area contributed by atoms with E-state index in [1.807, 2.05) is 0 Å². The van der Waals surface area contributed by atoms with Crippen LogP contribution in [0.4, 0.5) is 52.7 Å². The van der Waals surface area contributed by atoms with Crippen molar-refractivity contribution < 1.29 is 89.8 Å². The van der Waals surface area contributed by atoms with Crippen molar-refractivity contribution in [2.75, 3.05) is 38.2 Å². The molecule has 2 aromatic carbocycles. The van der Waals surface area contributed by atoms with Crippen LogP contribution in [0.5, 0.6) is 0 Å². The summed E-state index contributed by atoms with van der Waals surface area (Å²) in [6, 6.07) is 2.80. The van der Waals surface area contributed by atoms with E-state index in [1.165, 1.54) is 9.80 Å². The Morgan fingerprint density at radius 1 is 0.539 bits per heavy atom. The molecule has 76 heavy (non-hydrogen) atoms.